The third kappa shape index (κ3) is 5.04. The van der Waals surface area contributed by atoms with Crippen molar-refractivity contribution in [3.05, 3.63) is 139 Å². The Bertz CT molecular complexity index is 1630. The molecule has 0 spiro atoms. The van der Waals surface area contributed by atoms with Gasteiger partial charge in [0.2, 0.25) is 5.28 Å². The summed E-state index contributed by atoms with van der Waals surface area (Å²) >= 11 is 6.34. The molecule has 0 aliphatic heterocycles. The Morgan fingerprint density at radius 3 is 1.27 bits per heavy atom. The van der Waals surface area contributed by atoms with Gasteiger partial charge in [-0.25, -0.2) is 9.97 Å². The summed E-state index contributed by atoms with van der Waals surface area (Å²) in [6, 6.07) is 41.6. The number of hydrogen-bond acceptors (Lipinski definition) is 3. The van der Waals surface area contributed by atoms with Gasteiger partial charge >= 0.3 is 0 Å². The summed E-state index contributed by atoms with van der Waals surface area (Å²) in [7, 11) is 0. The Morgan fingerprint density at radius 2 is 0.811 bits per heavy atom. The van der Waals surface area contributed by atoms with Crippen molar-refractivity contribution in [2.45, 2.75) is 0 Å². The number of halogens is 1. The second-order valence-corrected chi connectivity index (χ2v) is 9.09. The maximum absolute atomic E-state index is 6.34. The van der Waals surface area contributed by atoms with Crippen molar-refractivity contribution in [2.24, 2.45) is 0 Å². The van der Waals surface area contributed by atoms with Gasteiger partial charge in [0.25, 0.3) is 0 Å². The van der Waals surface area contributed by atoms with Crippen LogP contribution in [0.5, 0.6) is 0 Å². The maximum Gasteiger partial charge on any atom is 0.223 e. The van der Waals surface area contributed by atoms with Gasteiger partial charge in [-0.3, -0.25) is 4.98 Å². The molecule has 37 heavy (non-hydrogen) atoms. The Morgan fingerprint density at radius 1 is 0.405 bits per heavy atom. The van der Waals surface area contributed by atoms with Crippen molar-refractivity contribution in [3.8, 4) is 55.9 Å². The molecule has 0 saturated carbocycles. The predicted molar refractivity (Wildman–Crippen MR) is 152 cm³/mol. The fourth-order valence-corrected chi connectivity index (χ4v) is 4.58. The molecule has 4 heteroatoms. The highest BCUT2D eigenvalue weighted by Crippen LogP contribution is 2.30. The van der Waals surface area contributed by atoms with Gasteiger partial charge in [0.15, 0.2) is 0 Å². The number of benzene rings is 4. The lowest BCUT2D eigenvalue weighted by Gasteiger charge is -2.09. The summed E-state index contributed by atoms with van der Waals surface area (Å²) in [4.78, 5) is 13.2. The van der Waals surface area contributed by atoms with Gasteiger partial charge in [-0.15, -0.1) is 0 Å². The van der Waals surface area contributed by atoms with Crippen LogP contribution in [0, 0.1) is 0 Å². The second kappa shape index (κ2) is 10.2. The lowest BCUT2D eigenvalue weighted by Crippen LogP contribution is -1.92. The number of aromatic nitrogens is 3. The number of pyridine rings is 1. The Hall–Kier alpha value is -4.60. The fourth-order valence-electron chi connectivity index (χ4n) is 4.40. The molecule has 2 heterocycles. The molecule has 0 fully saturated rings. The minimum atomic E-state index is 0.231. The Kier molecular flexibility index (Phi) is 6.28. The van der Waals surface area contributed by atoms with Crippen molar-refractivity contribution in [2.75, 3.05) is 0 Å². The molecule has 2 aromatic heterocycles. The van der Waals surface area contributed by atoms with E-state index in [1.54, 1.807) is 6.20 Å². The first-order valence-electron chi connectivity index (χ1n) is 12.0. The van der Waals surface area contributed by atoms with Gasteiger partial charge in [0, 0.05) is 23.5 Å². The van der Waals surface area contributed by atoms with Crippen LogP contribution in [0.25, 0.3) is 55.9 Å². The van der Waals surface area contributed by atoms with Crippen molar-refractivity contribution in [1.29, 1.82) is 0 Å². The quantitative estimate of drug-likeness (QED) is 0.224. The highest BCUT2D eigenvalue weighted by atomic mass is 35.5. The van der Waals surface area contributed by atoms with Gasteiger partial charge in [-0.05, 0) is 57.1 Å². The molecule has 6 rings (SSSR count). The van der Waals surface area contributed by atoms with Gasteiger partial charge < -0.3 is 0 Å². The smallest absolute Gasteiger partial charge is 0.223 e. The molecule has 3 nitrogen and oxygen atoms in total. The molecular formula is C33H22ClN3. The third-order valence-electron chi connectivity index (χ3n) is 6.38. The average molecular weight is 496 g/mol. The molecule has 0 N–H and O–H groups in total. The molecule has 0 saturated heterocycles. The number of nitrogens with zero attached hydrogens (tertiary/aromatic N) is 3. The molecule has 4 aromatic carbocycles. The van der Waals surface area contributed by atoms with Crippen LogP contribution in [0.1, 0.15) is 0 Å². The first-order chi connectivity index (χ1) is 18.2. The van der Waals surface area contributed by atoms with Crippen LogP contribution in [-0.2, 0) is 0 Å². The Balaban J connectivity index is 1.25. The highest BCUT2D eigenvalue weighted by Gasteiger charge is 2.09. The molecule has 0 atom stereocenters. The summed E-state index contributed by atoms with van der Waals surface area (Å²) in [5, 5.41) is 0.231. The van der Waals surface area contributed by atoms with Gasteiger partial charge in [0.05, 0.1) is 11.4 Å². The first kappa shape index (κ1) is 22.8. The van der Waals surface area contributed by atoms with E-state index >= 15 is 0 Å². The fraction of sp³-hybridized carbons (Fsp3) is 0. The van der Waals surface area contributed by atoms with Crippen molar-refractivity contribution < 1.29 is 0 Å². The van der Waals surface area contributed by atoms with E-state index in [1.165, 1.54) is 5.56 Å². The molecule has 0 radical (unpaired) electrons. The van der Waals surface area contributed by atoms with E-state index in [9.17, 15) is 0 Å². The van der Waals surface area contributed by atoms with E-state index in [2.05, 4.69) is 106 Å². The largest absolute Gasteiger partial charge is 0.264 e. The highest BCUT2D eigenvalue weighted by molar-refractivity contribution is 6.28. The van der Waals surface area contributed by atoms with E-state index < -0.39 is 0 Å². The first-order valence-corrected chi connectivity index (χ1v) is 12.4. The SMILES string of the molecule is Clc1nc(-c2ccc(-c3ccccc3)cc2)cc(-c2ccc(-c3ccc(-c4cccnc4)cc3)cc2)n1. The molecule has 0 amide bonds. The Labute approximate surface area is 221 Å². The second-order valence-electron chi connectivity index (χ2n) is 8.75. The van der Waals surface area contributed by atoms with Gasteiger partial charge in [-0.2, -0.15) is 0 Å². The zero-order valence-corrected chi connectivity index (χ0v) is 20.7. The molecule has 0 aliphatic rings. The van der Waals surface area contributed by atoms with E-state index in [0.29, 0.717) is 0 Å². The van der Waals surface area contributed by atoms with E-state index in [4.69, 9.17) is 11.6 Å². The molecule has 0 aliphatic carbocycles. The molecule has 176 valence electrons. The topological polar surface area (TPSA) is 38.7 Å². The molecular weight excluding hydrogens is 474 g/mol. The van der Waals surface area contributed by atoms with Crippen molar-refractivity contribution in [1.82, 2.24) is 15.0 Å². The number of hydrogen-bond donors (Lipinski definition) is 0. The van der Waals surface area contributed by atoms with Crippen LogP contribution in [0.4, 0.5) is 0 Å². The molecule has 6 aromatic rings. The minimum Gasteiger partial charge on any atom is -0.264 e. The molecule has 0 bridgehead atoms. The number of rotatable bonds is 5. The summed E-state index contributed by atoms with van der Waals surface area (Å²) < 4.78 is 0. The normalized spacial score (nSPS) is 10.8. The van der Waals surface area contributed by atoms with Crippen molar-refractivity contribution in [3.63, 3.8) is 0 Å². The zero-order chi connectivity index (χ0) is 25.0. The van der Waals surface area contributed by atoms with E-state index in [-0.39, 0.29) is 5.28 Å². The predicted octanol–water partition coefficient (Wildman–Crippen LogP) is 8.86. The maximum atomic E-state index is 6.34. The summed E-state index contributed by atoms with van der Waals surface area (Å²) in [6.45, 7) is 0. The van der Waals surface area contributed by atoms with Gasteiger partial charge in [-0.1, -0.05) is 109 Å². The van der Waals surface area contributed by atoms with E-state index in [1.807, 2.05) is 36.5 Å². The lowest BCUT2D eigenvalue weighted by molar-refractivity contribution is 1.18. The van der Waals surface area contributed by atoms with E-state index in [0.717, 1.165) is 50.3 Å². The monoisotopic (exact) mass is 495 g/mol. The standard InChI is InChI=1S/C33H22ClN3/c34-33-36-31(28-16-12-24(13-17-28)23-5-2-1-3-6-23)21-32(37-33)29-18-14-26(15-19-29)25-8-10-27(11-9-25)30-7-4-20-35-22-30/h1-22H. The summed E-state index contributed by atoms with van der Waals surface area (Å²) in [6.07, 6.45) is 3.66. The minimum absolute atomic E-state index is 0.231. The lowest BCUT2D eigenvalue weighted by atomic mass is 9.99. The molecule has 0 unspecified atom stereocenters. The van der Waals surface area contributed by atoms with Crippen LogP contribution in [0.2, 0.25) is 5.28 Å². The summed E-state index contributed by atoms with van der Waals surface area (Å²) in [5.74, 6) is 0. The van der Waals surface area contributed by atoms with Crippen molar-refractivity contribution >= 4 is 11.6 Å². The third-order valence-corrected chi connectivity index (χ3v) is 6.55. The zero-order valence-electron chi connectivity index (χ0n) is 19.9. The van der Waals surface area contributed by atoms with Crippen LogP contribution >= 0.6 is 11.6 Å². The van der Waals surface area contributed by atoms with Crippen LogP contribution in [-0.4, -0.2) is 15.0 Å². The van der Waals surface area contributed by atoms with Gasteiger partial charge in [0.1, 0.15) is 0 Å². The van der Waals surface area contributed by atoms with Crippen LogP contribution in [0.15, 0.2) is 134 Å². The van der Waals surface area contributed by atoms with Crippen LogP contribution in [0.3, 0.4) is 0 Å². The summed E-state index contributed by atoms with van der Waals surface area (Å²) in [5.41, 5.74) is 10.5. The average Bonchev–Trinajstić information content (AvgIpc) is 2.98. The van der Waals surface area contributed by atoms with Crippen LogP contribution < -0.4 is 0 Å².